The van der Waals surface area contributed by atoms with Crippen LogP contribution in [-0.2, 0) is 15.3 Å². The Morgan fingerprint density at radius 1 is 1.00 bits per heavy atom. The van der Waals surface area contributed by atoms with Gasteiger partial charge in [0.2, 0.25) is 6.79 Å². The Labute approximate surface area is 192 Å². The minimum absolute atomic E-state index is 0.147. The highest BCUT2D eigenvalue weighted by Crippen LogP contribution is 2.34. The summed E-state index contributed by atoms with van der Waals surface area (Å²) in [4.78, 5) is 29.3. The number of thioether (sulfide) groups is 1. The Hall–Kier alpha value is -3.98. The summed E-state index contributed by atoms with van der Waals surface area (Å²) in [5.74, 6) is 0.591. The van der Waals surface area contributed by atoms with Crippen LogP contribution in [0.2, 0.25) is 0 Å². The summed E-state index contributed by atoms with van der Waals surface area (Å²) in [6.07, 6.45) is 0. The molecule has 166 valence electrons. The van der Waals surface area contributed by atoms with Crippen LogP contribution >= 0.6 is 11.8 Å². The number of carbonyl (C=O) groups is 2. The van der Waals surface area contributed by atoms with Crippen LogP contribution in [0.25, 0.3) is 11.1 Å². The first kappa shape index (κ1) is 20.9. The molecule has 33 heavy (non-hydrogen) atoms. The van der Waals surface area contributed by atoms with Crippen LogP contribution in [0, 0.1) is 0 Å². The first-order valence-electron chi connectivity index (χ1n) is 10.1. The molecule has 5 rings (SSSR count). The van der Waals surface area contributed by atoms with E-state index in [0.717, 1.165) is 11.1 Å². The summed E-state index contributed by atoms with van der Waals surface area (Å²) < 4.78 is 21.5. The first-order chi connectivity index (χ1) is 16.2. The molecule has 3 aromatic carbocycles. The largest absolute Gasteiger partial charge is 0.454 e. The Morgan fingerprint density at radius 2 is 1.82 bits per heavy atom. The second-order valence-corrected chi connectivity index (χ2v) is 8.01. The van der Waals surface area contributed by atoms with Gasteiger partial charge in [0.05, 0.1) is 5.56 Å². The van der Waals surface area contributed by atoms with Crippen LogP contribution in [0.3, 0.4) is 0 Å². The van der Waals surface area contributed by atoms with Crippen molar-refractivity contribution in [3.63, 3.8) is 0 Å². The molecular weight excluding hydrogens is 444 g/mol. The van der Waals surface area contributed by atoms with Crippen molar-refractivity contribution in [2.24, 2.45) is 0 Å². The molecule has 8 nitrogen and oxygen atoms in total. The van der Waals surface area contributed by atoms with Gasteiger partial charge in [0.1, 0.15) is 5.52 Å². The predicted octanol–water partition coefficient (Wildman–Crippen LogP) is 4.64. The molecule has 4 aromatic rings. The van der Waals surface area contributed by atoms with Crippen molar-refractivity contribution in [3.05, 3.63) is 77.9 Å². The van der Waals surface area contributed by atoms with Crippen LogP contribution in [0.15, 0.2) is 76.4 Å². The normalized spacial score (nSPS) is 12.0. The average Bonchev–Trinajstić information content (AvgIpc) is 3.47. The number of nitrogens with one attached hydrogen (secondary N) is 1. The van der Waals surface area contributed by atoms with E-state index < -0.39 is 18.5 Å². The number of oxazole rings is 1. The van der Waals surface area contributed by atoms with Crippen molar-refractivity contribution in [1.82, 2.24) is 4.98 Å². The summed E-state index contributed by atoms with van der Waals surface area (Å²) >= 11 is 1.38. The highest BCUT2D eigenvalue weighted by molar-refractivity contribution is 7.98. The molecule has 0 aliphatic carbocycles. The third-order valence-corrected chi connectivity index (χ3v) is 5.73. The molecule has 1 aliphatic heterocycles. The number of aromatic nitrogens is 1. The SMILES string of the molecule is O=C(COC(=O)c1ccccc1CSc1nc2ccccc2o1)Nc1ccc2c(c1)OCO2. The third kappa shape index (κ3) is 4.78. The molecule has 0 saturated carbocycles. The van der Waals surface area contributed by atoms with Crippen molar-refractivity contribution < 1.29 is 28.2 Å². The zero-order valence-electron chi connectivity index (χ0n) is 17.3. The van der Waals surface area contributed by atoms with Gasteiger partial charge in [0.15, 0.2) is 23.7 Å². The fraction of sp³-hybridized carbons (Fsp3) is 0.125. The molecule has 0 spiro atoms. The van der Waals surface area contributed by atoms with Crippen molar-refractivity contribution in [2.45, 2.75) is 11.0 Å². The Kier molecular flexibility index (Phi) is 5.86. The molecule has 1 aromatic heterocycles. The number of carbonyl (C=O) groups excluding carboxylic acids is 2. The molecule has 0 fully saturated rings. The van der Waals surface area contributed by atoms with Crippen LogP contribution in [0.1, 0.15) is 15.9 Å². The van der Waals surface area contributed by atoms with E-state index in [-0.39, 0.29) is 6.79 Å². The number of ether oxygens (including phenoxy) is 3. The van der Waals surface area contributed by atoms with E-state index >= 15 is 0 Å². The highest BCUT2D eigenvalue weighted by Gasteiger charge is 2.17. The molecule has 9 heteroatoms. The minimum Gasteiger partial charge on any atom is -0.454 e. The Bertz CT molecular complexity index is 1300. The highest BCUT2D eigenvalue weighted by atomic mass is 32.2. The first-order valence-corrected chi connectivity index (χ1v) is 11.1. The summed E-state index contributed by atoms with van der Waals surface area (Å²) in [6, 6.07) is 19.6. The summed E-state index contributed by atoms with van der Waals surface area (Å²) in [5.41, 5.74) is 3.15. The van der Waals surface area contributed by atoms with Crippen molar-refractivity contribution in [1.29, 1.82) is 0 Å². The van der Waals surface area contributed by atoms with Gasteiger partial charge in [-0.3, -0.25) is 4.79 Å². The predicted molar refractivity (Wildman–Crippen MR) is 121 cm³/mol. The fourth-order valence-corrected chi connectivity index (χ4v) is 4.12. The molecule has 0 unspecified atom stereocenters. The van der Waals surface area contributed by atoms with Gasteiger partial charge in [-0.25, -0.2) is 9.78 Å². The number of para-hydroxylation sites is 2. The number of amides is 1. The van der Waals surface area contributed by atoms with Crippen LogP contribution < -0.4 is 14.8 Å². The van der Waals surface area contributed by atoms with Gasteiger partial charge < -0.3 is 23.9 Å². The number of rotatable bonds is 7. The van der Waals surface area contributed by atoms with Gasteiger partial charge in [-0.2, -0.15) is 0 Å². The van der Waals surface area contributed by atoms with Gasteiger partial charge in [-0.15, -0.1) is 0 Å². The monoisotopic (exact) mass is 462 g/mol. The molecule has 0 radical (unpaired) electrons. The molecule has 2 heterocycles. The molecule has 0 atom stereocenters. The number of nitrogens with zero attached hydrogens (tertiary/aromatic N) is 1. The minimum atomic E-state index is -0.579. The quantitative estimate of drug-likeness (QED) is 0.313. The van der Waals surface area contributed by atoms with E-state index in [9.17, 15) is 9.59 Å². The molecular formula is C24H18N2O6S. The number of anilines is 1. The third-order valence-electron chi connectivity index (χ3n) is 4.85. The maximum atomic E-state index is 12.6. The number of benzene rings is 3. The zero-order valence-corrected chi connectivity index (χ0v) is 18.1. The second-order valence-electron chi connectivity index (χ2n) is 7.09. The molecule has 1 amide bonds. The van der Waals surface area contributed by atoms with Gasteiger partial charge in [0.25, 0.3) is 11.1 Å². The number of fused-ring (bicyclic) bond motifs is 2. The van der Waals surface area contributed by atoms with Gasteiger partial charge in [0, 0.05) is 17.5 Å². The van der Waals surface area contributed by atoms with Crippen molar-refractivity contribution >= 4 is 40.4 Å². The molecule has 0 saturated heterocycles. The van der Waals surface area contributed by atoms with E-state index in [1.54, 1.807) is 30.3 Å². The van der Waals surface area contributed by atoms with E-state index in [2.05, 4.69) is 10.3 Å². The summed E-state index contributed by atoms with van der Waals surface area (Å²) in [7, 11) is 0. The van der Waals surface area contributed by atoms with E-state index in [1.165, 1.54) is 11.8 Å². The number of hydrogen-bond acceptors (Lipinski definition) is 8. The van der Waals surface area contributed by atoms with Crippen LogP contribution in [0.5, 0.6) is 11.5 Å². The molecule has 1 N–H and O–H groups in total. The summed E-state index contributed by atoms with van der Waals surface area (Å²) in [5, 5.41) is 3.19. The maximum Gasteiger partial charge on any atom is 0.338 e. The topological polar surface area (TPSA) is 99.9 Å². The Balaban J connectivity index is 1.18. The van der Waals surface area contributed by atoms with E-state index in [0.29, 0.717) is 39.3 Å². The van der Waals surface area contributed by atoms with Gasteiger partial charge in [-0.1, -0.05) is 42.1 Å². The van der Waals surface area contributed by atoms with Crippen LogP contribution in [0.4, 0.5) is 5.69 Å². The van der Waals surface area contributed by atoms with E-state index in [4.69, 9.17) is 18.6 Å². The summed E-state index contributed by atoms with van der Waals surface area (Å²) in [6.45, 7) is -0.270. The Morgan fingerprint density at radius 3 is 2.73 bits per heavy atom. The van der Waals surface area contributed by atoms with Crippen molar-refractivity contribution in [2.75, 3.05) is 18.7 Å². The lowest BCUT2D eigenvalue weighted by Crippen LogP contribution is -2.21. The standard InChI is InChI=1S/C24H18N2O6S/c27-22(25-16-9-10-20-21(11-16)31-14-30-20)12-29-23(28)17-6-2-1-5-15(17)13-33-24-26-18-7-3-4-8-19(18)32-24/h1-11H,12-14H2,(H,25,27). The smallest absolute Gasteiger partial charge is 0.338 e. The van der Waals surface area contributed by atoms with Crippen LogP contribution in [-0.4, -0.2) is 30.3 Å². The molecule has 0 bridgehead atoms. The van der Waals surface area contributed by atoms with Gasteiger partial charge in [-0.05, 0) is 35.9 Å². The fourth-order valence-electron chi connectivity index (χ4n) is 3.28. The van der Waals surface area contributed by atoms with E-state index in [1.807, 2.05) is 36.4 Å². The maximum absolute atomic E-state index is 12.6. The number of esters is 1. The van der Waals surface area contributed by atoms with Crippen molar-refractivity contribution in [3.8, 4) is 11.5 Å². The number of hydrogen-bond donors (Lipinski definition) is 1. The zero-order chi connectivity index (χ0) is 22.6. The van der Waals surface area contributed by atoms with Gasteiger partial charge >= 0.3 is 5.97 Å². The lowest BCUT2D eigenvalue weighted by molar-refractivity contribution is -0.119. The molecule has 1 aliphatic rings. The lowest BCUT2D eigenvalue weighted by Gasteiger charge is -2.10. The average molecular weight is 462 g/mol. The second kappa shape index (κ2) is 9.25. The lowest BCUT2D eigenvalue weighted by atomic mass is 10.1.